The molecule has 2 aromatic rings. The van der Waals surface area contributed by atoms with Gasteiger partial charge >= 0.3 is 0 Å². The number of rotatable bonds is 14. The summed E-state index contributed by atoms with van der Waals surface area (Å²) in [6, 6.07) is 13.9. The quantitative estimate of drug-likeness (QED) is 0.353. The largest absolute Gasteiger partial charge is 0.490 e. The van der Waals surface area contributed by atoms with E-state index in [2.05, 4.69) is 18.3 Å². The molecule has 0 radical (unpaired) electrons. The van der Waals surface area contributed by atoms with E-state index < -0.39 is 0 Å². The summed E-state index contributed by atoms with van der Waals surface area (Å²) in [5, 5.41) is 4.29. The van der Waals surface area contributed by atoms with E-state index in [1.807, 2.05) is 43.3 Å². The Kier molecular flexibility index (Phi) is 10.9. The van der Waals surface area contributed by atoms with E-state index in [1.54, 1.807) is 0 Å². The van der Waals surface area contributed by atoms with Crippen molar-refractivity contribution >= 4 is 11.6 Å². The summed E-state index contributed by atoms with van der Waals surface area (Å²) in [4.78, 5) is 0. The van der Waals surface area contributed by atoms with Crippen LogP contribution in [0, 0.1) is 0 Å². The first-order valence-electron chi connectivity index (χ1n) is 10.6. The normalized spacial score (nSPS) is 10.8. The molecule has 0 saturated heterocycles. The van der Waals surface area contributed by atoms with E-state index in [1.165, 1.54) is 38.5 Å². The van der Waals surface area contributed by atoms with E-state index in [9.17, 15) is 0 Å². The lowest BCUT2D eigenvalue weighted by Gasteiger charge is -2.16. The van der Waals surface area contributed by atoms with Crippen molar-refractivity contribution in [2.24, 2.45) is 0 Å². The van der Waals surface area contributed by atoms with Crippen LogP contribution in [0.1, 0.15) is 63.5 Å². The average Bonchev–Trinajstić information content (AvgIpc) is 2.71. The van der Waals surface area contributed by atoms with Crippen LogP contribution in [0.5, 0.6) is 11.5 Å². The summed E-state index contributed by atoms with van der Waals surface area (Å²) in [6.45, 7) is 7.17. The summed E-state index contributed by atoms with van der Waals surface area (Å²) < 4.78 is 12.0. The monoisotopic (exact) mass is 403 g/mol. The topological polar surface area (TPSA) is 30.5 Å². The van der Waals surface area contributed by atoms with Crippen molar-refractivity contribution in [1.29, 1.82) is 0 Å². The van der Waals surface area contributed by atoms with Gasteiger partial charge in [-0.25, -0.2) is 0 Å². The fraction of sp³-hybridized carbons (Fsp3) is 0.500. The lowest BCUT2D eigenvalue weighted by molar-refractivity contribution is 0.266. The number of nitrogens with one attached hydrogen (secondary N) is 1. The molecule has 0 saturated carbocycles. The number of hydrogen-bond donors (Lipinski definition) is 1. The van der Waals surface area contributed by atoms with Gasteiger partial charge in [-0.05, 0) is 43.7 Å². The summed E-state index contributed by atoms with van der Waals surface area (Å²) in [7, 11) is 0. The molecule has 4 heteroatoms. The highest BCUT2D eigenvalue weighted by Crippen LogP contribution is 2.32. The molecular formula is C24H34ClNO2. The standard InChI is InChI=1S/C24H34ClNO2/c1-3-5-6-7-8-9-17-26-18-21-11-10-12-23(27-4-2)24(21)28-19-20-13-15-22(25)16-14-20/h10-16,26H,3-9,17-19H2,1-2H3. The van der Waals surface area contributed by atoms with Gasteiger partial charge in [0.2, 0.25) is 0 Å². The van der Waals surface area contributed by atoms with E-state index in [-0.39, 0.29) is 0 Å². The smallest absolute Gasteiger partial charge is 0.166 e. The lowest BCUT2D eigenvalue weighted by atomic mass is 10.1. The summed E-state index contributed by atoms with van der Waals surface area (Å²) in [5.74, 6) is 1.63. The Labute approximate surface area is 175 Å². The molecule has 0 aliphatic rings. The van der Waals surface area contributed by atoms with Gasteiger partial charge in [0.15, 0.2) is 11.5 Å². The zero-order valence-corrected chi connectivity index (χ0v) is 18.1. The summed E-state index contributed by atoms with van der Waals surface area (Å²) >= 11 is 5.97. The molecule has 28 heavy (non-hydrogen) atoms. The van der Waals surface area contributed by atoms with E-state index in [0.29, 0.717) is 13.2 Å². The lowest BCUT2D eigenvalue weighted by Crippen LogP contribution is -2.16. The Bertz CT molecular complexity index is 673. The molecule has 154 valence electrons. The summed E-state index contributed by atoms with van der Waals surface area (Å²) in [6.07, 6.45) is 7.86. The molecule has 2 rings (SSSR count). The van der Waals surface area contributed by atoms with Gasteiger partial charge in [0, 0.05) is 17.1 Å². The Hall–Kier alpha value is -1.71. The number of benzene rings is 2. The minimum atomic E-state index is 0.492. The molecule has 0 spiro atoms. The van der Waals surface area contributed by atoms with E-state index in [0.717, 1.165) is 40.7 Å². The van der Waals surface area contributed by atoms with E-state index >= 15 is 0 Å². The SMILES string of the molecule is CCCCCCCCNCc1cccc(OCC)c1OCc1ccc(Cl)cc1. The zero-order valence-electron chi connectivity index (χ0n) is 17.3. The second kappa shape index (κ2) is 13.5. The molecule has 0 aliphatic carbocycles. The van der Waals surface area contributed by atoms with Crippen molar-refractivity contribution in [3.05, 3.63) is 58.6 Å². The van der Waals surface area contributed by atoms with Crippen molar-refractivity contribution < 1.29 is 9.47 Å². The minimum Gasteiger partial charge on any atom is -0.490 e. The first-order chi connectivity index (χ1) is 13.7. The third kappa shape index (κ3) is 8.12. The maximum atomic E-state index is 6.16. The van der Waals surface area contributed by atoms with Crippen LogP contribution in [-0.4, -0.2) is 13.2 Å². The Balaban J connectivity index is 1.89. The third-order valence-electron chi connectivity index (χ3n) is 4.68. The number of unbranched alkanes of at least 4 members (excludes halogenated alkanes) is 5. The van der Waals surface area contributed by atoms with Crippen molar-refractivity contribution in [2.45, 2.75) is 65.5 Å². The zero-order chi connectivity index (χ0) is 20.0. The van der Waals surface area contributed by atoms with Crippen molar-refractivity contribution in [3.8, 4) is 11.5 Å². The Morgan fingerprint density at radius 3 is 2.36 bits per heavy atom. The van der Waals surface area contributed by atoms with Crippen LogP contribution in [-0.2, 0) is 13.2 Å². The fourth-order valence-electron chi connectivity index (χ4n) is 3.12. The van der Waals surface area contributed by atoms with Gasteiger partial charge in [0.25, 0.3) is 0 Å². The number of halogens is 1. The molecule has 0 bridgehead atoms. The molecule has 0 atom stereocenters. The molecule has 0 aliphatic heterocycles. The van der Waals surface area contributed by atoms with Crippen LogP contribution in [0.15, 0.2) is 42.5 Å². The predicted octanol–water partition coefficient (Wildman–Crippen LogP) is 6.77. The van der Waals surface area contributed by atoms with Gasteiger partial charge in [-0.2, -0.15) is 0 Å². The highest BCUT2D eigenvalue weighted by Gasteiger charge is 2.11. The molecule has 0 amide bonds. The van der Waals surface area contributed by atoms with Crippen molar-refractivity contribution in [3.63, 3.8) is 0 Å². The second-order valence-corrected chi connectivity index (χ2v) is 7.47. The summed E-state index contributed by atoms with van der Waals surface area (Å²) in [5.41, 5.74) is 2.22. The number of para-hydroxylation sites is 1. The highest BCUT2D eigenvalue weighted by atomic mass is 35.5. The molecule has 1 N–H and O–H groups in total. The number of ether oxygens (including phenoxy) is 2. The molecule has 2 aromatic carbocycles. The number of hydrogen-bond acceptors (Lipinski definition) is 3. The van der Waals surface area contributed by atoms with Crippen LogP contribution in [0.2, 0.25) is 5.02 Å². The van der Waals surface area contributed by atoms with Gasteiger partial charge in [0.1, 0.15) is 6.61 Å². The molecule has 0 fully saturated rings. The van der Waals surface area contributed by atoms with Crippen LogP contribution >= 0.6 is 11.6 Å². The van der Waals surface area contributed by atoms with Gasteiger partial charge in [0.05, 0.1) is 6.61 Å². The van der Waals surface area contributed by atoms with E-state index in [4.69, 9.17) is 21.1 Å². The minimum absolute atomic E-state index is 0.492. The van der Waals surface area contributed by atoms with Crippen molar-refractivity contribution in [1.82, 2.24) is 5.32 Å². The molecule has 0 unspecified atom stereocenters. The maximum absolute atomic E-state index is 6.16. The average molecular weight is 404 g/mol. The van der Waals surface area contributed by atoms with Gasteiger partial charge < -0.3 is 14.8 Å². The molecule has 0 aromatic heterocycles. The second-order valence-electron chi connectivity index (χ2n) is 7.04. The maximum Gasteiger partial charge on any atom is 0.166 e. The predicted molar refractivity (Wildman–Crippen MR) is 118 cm³/mol. The molecular weight excluding hydrogens is 370 g/mol. The van der Waals surface area contributed by atoms with Gasteiger partial charge in [-0.3, -0.25) is 0 Å². The van der Waals surface area contributed by atoms with Gasteiger partial charge in [-0.1, -0.05) is 74.9 Å². The Morgan fingerprint density at radius 1 is 0.857 bits per heavy atom. The molecule has 3 nitrogen and oxygen atoms in total. The first kappa shape index (κ1) is 22.6. The fourth-order valence-corrected chi connectivity index (χ4v) is 3.25. The Morgan fingerprint density at radius 2 is 1.61 bits per heavy atom. The van der Waals surface area contributed by atoms with Crippen LogP contribution in [0.4, 0.5) is 0 Å². The third-order valence-corrected chi connectivity index (χ3v) is 4.93. The first-order valence-corrected chi connectivity index (χ1v) is 10.9. The van der Waals surface area contributed by atoms with Crippen molar-refractivity contribution in [2.75, 3.05) is 13.2 Å². The highest BCUT2D eigenvalue weighted by molar-refractivity contribution is 6.30. The molecule has 0 heterocycles. The van der Waals surface area contributed by atoms with Gasteiger partial charge in [-0.15, -0.1) is 0 Å². The van der Waals surface area contributed by atoms with Crippen LogP contribution in [0.3, 0.4) is 0 Å². The van der Waals surface area contributed by atoms with Crippen LogP contribution in [0.25, 0.3) is 0 Å². The van der Waals surface area contributed by atoms with Crippen LogP contribution < -0.4 is 14.8 Å².